The molecular weight excluding hydrogens is 248 g/mol. The summed E-state index contributed by atoms with van der Waals surface area (Å²) in [6.07, 6.45) is 0. The van der Waals surface area contributed by atoms with Gasteiger partial charge in [-0.3, -0.25) is 4.79 Å². The molecule has 0 radical (unpaired) electrons. The summed E-state index contributed by atoms with van der Waals surface area (Å²) < 4.78 is 29.2. The third-order valence-electron chi connectivity index (χ3n) is 1.94. The van der Waals surface area contributed by atoms with E-state index in [2.05, 4.69) is 5.32 Å². The third-order valence-corrected chi connectivity index (χ3v) is 3.63. The van der Waals surface area contributed by atoms with Crippen LogP contribution < -0.4 is 5.32 Å². The van der Waals surface area contributed by atoms with Gasteiger partial charge in [-0.1, -0.05) is 0 Å². The van der Waals surface area contributed by atoms with Crippen molar-refractivity contribution in [3.63, 3.8) is 0 Å². The Morgan fingerprint density at radius 3 is 2.65 bits per heavy atom. The highest BCUT2D eigenvalue weighted by atomic mass is 32.2. The Bertz CT molecular complexity index is 491. The zero-order valence-corrected chi connectivity index (χ0v) is 10.3. The van der Waals surface area contributed by atoms with Crippen molar-refractivity contribution in [2.24, 2.45) is 0 Å². The predicted molar refractivity (Wildman–Crippen MR) is 59.0 cm³/mol. The molecule has 0 saturated carbocycles. The van der Waals surface area contributed by atoms with Crippen LogP contribution in [0.4, 0.5) is 0 Å². The van der Waals surface area contributed by atoms with E-state index in [0.717, 1.165) is 4.31 Å². The maximum Gasteiger partial charge on any atom is 0.287 e. The second kappa shape index (κ2) is 5.30. The fourth-order valence-corrected chi connectivity index (χ4v) is 1.81. The minimum Gasteiger partial charge on any atom is -0.438 e. The van der Waals surface area contributed by atoms with E-state index in [1.54, 1.807) is 0 Å². The number of carbonyl (C=O) groups excluding carboxylic acids is 1. The van der Waals surface area contributed by atoms with Gasteiger partial charge in [0.05, 0.1) is 6.61 Å². The van der Waals surface area contributed by atoms with Crippen molar-refractivity contribution in [3.8, 4) is 0 Å². The molecule has 0 atom stereocenters. The molecule has 1 heterocycles. The standard InChI is InChI=1S/C9H14N2O5S/c1-11(2)17(14,15)8-4-3-7(16-8)9(13)10-5-6-12/h3-4,12H,5-6H2,1-2H3,(H,10,13). The van der Waals surface area contributed by atoms with Gasteiger partial charge in [0.25, 0.3) is 15.9 Å². The molecule has 96 valence electrons. The van der Waals surface area contributed by atoms with Gasteiger partial charge >= 0.3 is 0 Å². The number of sulfonamides is 1. The molecule has 2 N–H and O–H groups in total. The topological polar surface area (TPSA) is 99.9 Å². The molecule has 0 aliphatic carbocycles. The molecule has 17 heavy (non-hydrogen) atoms. The van der Waals surface area contributed by atoms with Crippen molar-refractivity contribution in [2.75, 3.05) is 27.2 Å². The number of carbonyl (C=O) groups is 1. The largest absolute Gasteiger partial charge is 0.438 e. The fraction of sp³-hybridized carbons (Fsp3) is 0.444. The molecule has 0 spiro atoms. The van der Waals surface area contributed by atoms with Crippen LogP contribution in [0.3, 0.4) is 0 Å². The molecule has 7 nitrogen and oxygen atoms in total. The average molecular weight is 262 g/mol. The number of nitrogens with one attached hydrogen (secondary N) is 1. The molecule has 1 aromatic heterocycles. The number of furan rings is 1. The summed E-state index contributed by atoms with van der Waals surface area (Å²) in [4.78, 5) is 11.4. The molecule has 8 heteroatoms. The molecule has 1 rings (SSSR count). The molecule has 1 aromatic rings. The number of amides is 1. The lowest BCUT2D eigenvalue weighted by Crippen LogP contribution is -2.26. The molecule has 0 aromatic carbocycles. The van der Waals surface area contributed by atoms with E-state index in [9.17, 15) is 13.2 Å². The average Bonchev–Trinajstić information content (AvgIpc) is 2.75. The Labute approximate surface area is 99.1 Å². The Morgan fingerprint density at radius 2 is 2.12 bits per heavy atom. The summed E-state index contributed by atoms with van der Waals surface area (Å²) in [6.45, 7) is -0.120. The van der Waals surface area contributed by atoms with Crippen LogP contribution >= 0.6 is 0 Å². The first-order valence-electron chi connectivity index (χ1n) is 4.81. The van der Waals surface area contributed by atoms with Crippen LogP contribution in [-0.2, 0) is 10.0 Å². The van der Waals surface area contributed by atoms with Crippen LogP contribution in [0.15, 0.2) is 21.6 Å². The lowest BCUT2D eigenvalue weighted by molar-refractivity contribution is 0.0911. The summed E-state index contributed by atoms with van der Waals surface area (Å²) in [5.74, 6) is -0.682. The lowest BCUT2D eigenvalue weighted by Gasteiger charge is -2.07. The summed E-state index contributed by atoms with van der Waals surface area (Å²) in [5, 5.41) is 10.6. The van der Waals surface area contributed by atoms with Crippen molar-refractivity contribution in [1.29, 1.82) is 0 Å². The predicted octanol–water partition coefficient (Wildman–Crippen LogP) is -0.748. The Hall–Kier alpha value is -1.38. The van der Waals surface area contributed by atoms with Crippen LogP contribution in [0.1, 0.15) is 10.6 Å². The minimum atomic E-state index is -3.67. The van der Waals surface area contributed by atoms with Crippen LogP contribution in [0, 0.1) is 0 Å². The second-order valence-electron chi connectivity index (χ2n) is 3.39. The smallest absolute Gasteiger partial charge is 0.287 e. The Balaban J connectivity index is 2.89. The van der Waals surface area contributed by atoms with Crippen LogP contribution in [0.25, 0.3) is 0 Å². The minimum absolute atomic E-state index is 0.0787. The van der Waals surface area contributed by atoms with Gasteiger partial charge in [0.15, 0.2) is 5.76 Å². The molecule has 0 aliphatic rings. The van der Waals surface area contributed by atoms with E-state index in [1.165, 1.54) is 26.2 Å². The van der Waals surface area contributed by atoms with Crippen LogP contribution in [-0.4, -0.2) is 51.0 Å². The van der Waals surface area contributed by atoms with Gasteiger partial charge in [0, 0.05) is 20.6 Å². The molecule has 0 unspecified atom stereocenters. The summed E-state index contributed by atoms with van der Waals surface area (Å²) in [6, 6.07) is 2.48. The normalized spacial score (nSPS) is 11.8. The van der Waals surface area contributed by atoms with E-state index in [4.69, 9.17) is 9.52 Å². The molecule has 0 saturated heterocycles. The number of hydrogen-bond donors (Lipinski definition) is 2. The first-order valence-corrected chi connectivity index (χ1v) is 6.25. The maximum absolute atomic E-state index is 11.6. The highest BCUT2D eigenvalue weighted by Crippen LogP contribution is 2.16. The highest BCUT2D eigenvalue weighted by Gasteiger charge is 2.23. The van der Waals surface area contributed by atoms with Crippen molar-refractivity contribution < 1.29 is 22.7 Å². The van der Waals surface area contributed by atoms with Crippen LogP contribution in [0.5, 0.6) is 0 Å². The highest BCUT2D eigenvalue weighted by molar-refractivity contribution is 7.88. The zero-order valence-electron chi connectivity index (χ0n) is 9.50. The van der Waals surface area contributed by atoms with E-state index in [-0.39, 0.29) is 24.0 Å². The van der Waals surface area contributed by atoms with Crippen molar-refractivity contribution in [2.45, 2.75) is 5.09 Å². The molecule has 1 amide bonds. The van der Waals surface area contributed by atoms with E-state index in [0.29, 0.717) is 0 Å². The van der Waals surface area contributed by atoms with E-state index in [1.807, 2.05) is 0 Å². The van der Waals surface area contributed by atoms with Gasteiger partial charge in [0.2, 0.25) is 5.09 Å². The Kier molecular flexibility index (Phi) is 4.27. The van der Waals surface area contributed by atoms with Gasteiger partial charge in [-0.15, -0.1) is 0 Å². The summed E-state index contributed by atoms with van der Waals surface area (Å²) in [5.41, 5.74) is 0. The van der Waals surface area contributed by atoms with Gasteiger partial charge in [-0.25, -0.2) is 12.7 Å². The number of aliphatic hydroxyl groups excluding tert-OH is 1. The van der Waals surface area contributed by atoms with Gasteiger partial charge in [-0.2, -0.15) is 0 Å². The lowest BCUT2D eigenvalue weighted by atomic mass is 10.4. The third kappa shape index (κ3) is 3.05. The number of nitrogens with zero attached hydrogens (tertiary/aromatic N) is 1. The van der Waals surface area contributed by atoms with Crippen LogP contribution in [0.2, 0.25) is 0 Å². The van der Waals surface area contributed by atoms with Gasteiger partial charge in [-0.05, 0) is 12.1 Å². The van der Waals surface area contributed by atoms with Crippen molar-refractivity contribution >= 4 is 15.9 Å². The molecule has 0 fully saturated rings. The molecule has 0 aliphatic heterocycles. The quantitative estimate of drug-likeness (QED) is 0.727. The Morgan fingerprint density at radius 1 is 1.47 bits per heavy atom. The molecular formula is C9H14N2O5S. The fourth-order valence-electron chi connectivity index (χ4n) is 1.02. The zero-order chi connectivity index (χ0) is 13.1. The maximum atomic E-state index is 11.6. The second-order valence-corrected chi connectivity index (χ2v) is 5.47. The SMILES string of the molecule is CN(C)S(=O)(=O)c1ccc(C(=O)NCCO)o1. The number of hydrogen-bond acceptors (Lipinski definition) is 5. The first-order chi connectivity index (χ1) is 7.89. The van der Waals surface area contributed by atoms with E-state index >= 15 is 0 Å². The van der Waals surface area contributed by atoms with Crippen molar-refractivity contribution in [3.05, 3.63) is 17.9 Å². The molecule has 0 bridgehead atoms. The number of rotatable bonds is 5. The first kappa shape index (κ1) is 13.7. The number of aliphatic hydroxyl groups is 1. The van der Waals surface area contributed by atoms with Crippen molar-refractivity contribution in [1.82, 2.24) is 9.62 Å². The monoisotopic (exact) mass is 262 g/mol. The van der Waals surface area contributed by atoms with E-state index < -0.39 is 15.9 Å². The van der Waals surface area contributed by atoms with Gasteiger partial charge in [0.1, 0.15) is 0 Å². The summed E-state index contributed by atoms with van der Waals surface area (Å²) >= 11 is 0. The van der Waals surface area contributed by atoms with Gasteiger partial charge < -0.3 is 14.8 Å². The summed E-state index contributed by atoms with van der Waals surface area (Å²) in [7, 11) is -0.944.